The van der Waals surface area contributed by atoms with Gasteiger partial charge < -0.3 is 10.0 Å². The van der Waals surface area contributed by atoms with Crippen LogP contribution in [0.25, 0.3) is 22.2 Å². The first kappa shape index (κ1) is 12.1. The predicted octanol–water partition coefficient (Wildman–Crippen LogP) is 2.26. The molecule has 2 rings (SSSR count). The molecule has 2 aromatic rings. The minimum absolute atomic E-state index is 0.548. The molecule has 2 N–H and O–H groups in total. The Balaban J connectivity index is 2.81. The molecule has 1 aromatic heterocycles. The lowest BCUT2D eigenvalue weighted by Crippen LogP contribution is -2.29. The lowest BCUT2D eigenvalue weighted by molar-refractivity contribution is 0.426. The van der Waals surface area contributed by atoms with Crippen LogP contribution in [-0.2, 0) is 0 Å². The van der Waals surface area contributed by atoms with Gasteiger partial charge in [0.25, 0.3) is 0 Å². The van der Waals surface area contributed by atoms with Crippen LogP contribution in [0.5, 0.6) is 0 Å². The summed E-state index contributed by atoms with van der Waals surface area (Å²) in [7, 11) is -1.44. The molecule has 0 aliphatic carbocycles. The molecule has 4 heteroatoms. The molecule has 0 aliphatic heterocycles. The largest absolute Gasteiger partial charge is 0.489 e. The van der Waals surface area contributed by atoms with Crippen LogP contribution in [0.1, 0.15) is 17.4 Å². The van der Waals surface area contributed by atoms with Gasteiger partial charge in [0, 0.05) is 9.58 Å². The van der Waals surface area contributed by atoms with Crippen molar-refractivity contribution < 1.29 is 10.0 Å². The van der Waals surface area contributed by atoms with Gasteiger partial charge in [0.05, 0.1) is 0 Å². The first-order chi connectivity index (χ1) is 8.19. The van der Waals surface area contributed by atoms with E-state index in [4.69, 9.17) is 0 Å². The fraction of sp³-hybridized carbons (Fsp3) is 0.0769. The molecule has 1 heterocycles. The van der Waals surface area contributed by atoms with Crippen LogP contribution in [0.15, 0.2) is 30.9 Å². The summed E-state index contributed by atoms with van der Waals surface area (Å²) < 4.78 is 0.908. The third-order valence-electron chi connectivity index (χ3n) is 2.61. The van der Waals surface area contributed by atoms with Crippen molar-refractivity contribution in [2.24, 2.45) is 0 Å². The minimum Gasteiger partial charge on any atom is -0.423 e. The first-order valence-electron chi connectivity index (χ1n) is 5.35. The number of allylic oxidation sites excluding steroid dienone is 1. The Bertz CT molecular complexity index is 584. The van der Waals surface area contributed by atoms with Gasteiger partial charge >= 0.3 is 7.12 Å². The quantitative estimate of drug-likeness (QED) is 0.813. The van der Waals surface area contributed by atoms with Crippen molar-refractivity contribution in [1.82, 2.24) is 0 Å². The highest BCUT2D eigenvalue weighted by Crippen LogP contribution is 2.32. The summed E-state index contributed by atoms with van der Waals surface area (Å²) in [5.74, 6) is 0. The van der Waals surface area contributed by atoms with Crippen LogP contribution in [0.3, 0.4) is 0 Å². The van der Waals surface area contributed by atoms with Crippen molar-refractivity contribution in [2.75, 3.05) is 0 Å². The molecule has 0 saturated heterocycles. The molecule has 86 valence electrons. The highest BCUT2D eigenvalue weighted by Gasteiger charge is 2.18. The molecule has 0 amide bonds. The van der Waals surface area contributed by atoms with Gasteiger partial charge in [-0.2, -0.15) is 0 Å². The average molecular weight is 244 g/mol. The molecular formula is C13H13BO2S. The summed E-state index contributed by atoms with van der Waals surface area (Å²) in [5.41, 5.74) is 1.64. The molecule has 0 fully saturated rings. The van der Waals surface area contributed by atoms with Crippen LogP contribution in [0.2, 0.25) is 0 Å². The highest BCUT2D eigenvalue weighted by atomic mass is 32.1. The van der Waals surface area contributed by atoms with Crippen LogP contribution < -0.4 is 5.46 Å². The van der Waals surface area contributed by atoms with Crippen molar-refractivity contribution in [2.45, 2.75) is 6.92 Å². The smallest absolute Gasteiger partial charge is 0.423 e. The van der Waals surface area contributed by atoms with Gasteiger partial charge in [0.1, 0.15) is 0 Å². The highest BCUT2D eigenvalue weighted by molar-refractivity contribution is 7.21. The SMILES string of the molecule is C=Cc1sc2c(B(O)O)cccc2c1/C=C\C. The van der Waals surface area contributed by atoms with E-state index < -0.39 is 7.12 Å². The molecule has 0 spiro atoms. The standard InChI is InChI=1S/C13H13BO2S/c1-3-6-9-10-7-5-8-11(14(15)16)13(10)17-12(9)4-2/h3-8,15-16H,2H2,1H3/b6-3-. The molecule has 0 aliphatic rings. The first-order valence-corrected chi connectivity index (χ1v) is 6.17. The van der Waals surface area contributed by atoms with Crippen LogP contribution >= 0.6 is 11.3 Å². The molecule has 1 aromatic carbocycles. The van der Waals surface area contributed by atoms with Gasteiger partial charge in [-0.15, -0.1) is 11.3 Å². The number of hydrogen-bond acceptors (Lipinski definition) is 3. The van der Waals surface area contributed by atoms with Crippen LogP contribution in [0.4, 0.5) is 0 Å². The van der Waals surface area contributed by atoms with Crippen molar-refractivity contribution >= 4 is 46.2 Å². The summed E-state index contributed by atoms with van der Waals surface area (Å²) in [6.45, 7) is 5.75. The van der Waals surface area contributed by atoms with Crippen molar-refractivity contribution in [3.8, 4) is 0 Å². The fourth-order valence-corrected chi connectivity index (χ4v) is 3.04. The van der Waals surface area contributed by atoms with Crippen molar-refractivity contribution in [3.05, 3.63) is 41.3 Å². The number of fused-ring (bicyclic) bond motifs is 1. The third-order valence-corrected chi connectivity index (χ3v) is 3.88. The van der Waals surface area contributed by atoms with Crippen molar-refractivity contribution in [1.29, 1.82) is 0 Å². The predicted molar refractivity (Wildman–Crippen MR) is 76.4 cm³/mol. The Morgan fingerprint density at radius 3 is 2.71 bits per heavy atom. The van der Waals surface area contributed by atoms with Gasteiger partial charge in [-0.25, -0.2) is 0 Å². The minimum atomic E-state index is -1.44. The molecule has 2 nitrogen and oxygen atoms in total. The Hall–Kier alpha value is -1.36. The van der Waals surface area contributed by atoms with Gasteiger partial charge in [-0.1, -0.05) is 43.0 Å². The number of hydrogen-bond donors (Lipinski definition) is 2. The third kappa shape index (κ3) is 2.07. The van der Waals surface area contributed by atoms with E-state index in [1.807, 2.05) is 31.2 Å². The Morgan fingerprint density at radius 2 is 2.12 bits per heavy atom. The van der Waals surface area contributed by atoms with E-state index in [9.17, 15) is 10.0 Å². The Kier molecular flexibility index (Phi) is 3.47. The second-order valence-corrected chi connectivity index (χ2v) is 4.73. The van der Waals surface area contributed by atoms with Crippen LogP contribution in [-0.4, -0.2) is 17.2 Å². The molecule has 0 bridgehead atoms. The molecule has 0 radical (unpaired) electrons. The zero-order valence-electron chi connectivity index (χ0n) is 9.55. The molecule has 0 atom stereocenters. The second kappa shape index (κ2) is 4.88. The lowest BCUT2D eigenvalue weighted by Gasteiger charge is -2.00. The topological polar surface area (TPSA) is 40.5 Å². The van der Waals surface area contributed by atoms with Gasteiger partial charge in [0.2, 0.25) is 0 Å². The van der Waals surface area contributed by atoms with Gasteiger partial charge in [0.15, 0.2) is 0 Å². The average Bonchev–Trinajstić information content (AvgIpc) is 2.67. The fourth-order valence-electron chi connectivity index (χ4n) is 1.87. The van der Waals surface area contributed by atoms with Gasteiger partial charge in [-0.3, -0.25) is 0 Å². The molecule has 0 unspecified atom stereocenters. The van der Waals surface area contributed by atoms with E-state index in [0.717, 1.165) is 20.5 Å². The summed E-state index contributed by atoms with van der Waals surface area (Å²) in [6, 6.07) is 5.56. The lowest BCUT2D eigenvalue weighted by atomic mass is 9.79. The van der Waals surface area contributed by atoms with Crippen molar-refractivity contribution in [3.63, 3.8) is 0 Å². The van der Waals surface area contributed by atoms with E-state index in [0.29, 0.717) is 5.46 Å². The molecular weight excluding hydrogens is 231 g/mol. The molecule has 17 heavy (non-hydrogen) atoms. The number of rotatable bonds is 3. The summed E-state index contributed by atoms with van der Waals surface area (Å²) in [4.78, 5) is 1.05. The maximum Gasteiger partial charge on any atom is 0.489 e. The van der Waals surface area contributed by atoms with E-state index in [1.54, 1.807) is 12.1 Å². The summed E-state index contributed by atoms with van der Waals surface area (Å²) in [5, 5.41) is 19.7. The van der Waals surface area contributed by atoms with E-state index in [2.05, 4.69) is 6.58 Å². The second-order valence-electron chi connectivity index (χ2n) is 3.68. The maximum absolute atomic E-state index is 9.34. The van der Waals surface area contributed by atoms with Crippen LogP contribution in [0, 0.1) is 0 Å². The van der Waals surface area contributed by atoms with E-state index >= 15 is 0 Å². The normalized spacial score (nSPS) is 11.2. The monoisotopic (exact) mass is 244 g/mol. The summed E-state index contributed by atoms with van der Waals surface area (Å²) in [6.07, 6.45) is 5.79. The Morgan fingerprint density at radius 1 is 1.35 bits per heavy atom. The zero-order valence-corrected chi connectivity index (χ0v) is 10.4. The van der Waals surface area contributed by atoms with E-state index in [1.165, 1.54) is 11.3 Å². The Labute approximate surface area is 105 Å². The number of thiophene rings is 1. The maximum atomic E-state index is 9.34. The number of benzene rings is 1. The molecule has 0 saturated carbocycles. The van der Waals surface area contributed by atoms with E-state index in [-0.39, 0.29) is 0 Å². The summed E-state index contributed by atoms with van der Waals surface area (Å²) >= 11 is 1.53. The zero-order chi connectivity index (χ0) is 12.4. The van der Waals surface area contributed by atoms with Gasteiger partial charge in [-0.05, 0) is 23.3 Å².